The summed E-state index contributed by atoms with van der Waals surface area (Å²) in [5.41, 5.74) is 1.63. The lowest BCUT2D eigenvalue weighted by Crippen LogP contribution is -2.19. The molecular formula is C17H20Cl2N2O3. The number of hydrogen-bond acceptors (Lipinski definition) is 4. The molecule has 1 unspecified atom stereocenters. The van der Waals surface area contributed by atoms with Crippen molar-refractivity contribution in [2.75, 3.05) is 13.2 Å². The maximum atomic E-state index is 12.4. The summed E-state index contributed by atoms with van der Waals surface area (Å²) < 4.78 is 12.6. The molecule has 1 atom stereocenters. The smallest absolute Gasteiger partial charge is 0.356 e. The number of esters is 1. The predicted octanol–water partition coefficient (Wildman–Crippen LogP) is 4.90. The second-order valence-corrected chi connectivity index (χ2v) is 6.05. The number of ether oxygens (including phenoxy) is 2. The van der Waals surface area contributed by atoms with Gasteiger partial charge in [-0.2, -0.15) is 0 Å². The fourth-order valence-corrected chi connectivity index (χ4v) is 3.07. The fraction of sp³-hybridized carbons (Fsp3) is 0.412. The van der Waals surface area contributed by atoms with Crippen molar-refractivity contribution < 1.29 is 14.3 Å². The van der Waals surface area contributed by atoms with Gasteiger partial charge in [-0.1, -0.05) is 23.2 Å². The van der Waals surface area contributed by atoms with Crippen LogP contribution in [0.4, 0.5) is 0 Å². The molecule has 0 amide bonds. The van der Waals surface area contributed by atoms with Crippen LogP contribution in [0.5, 0.6) is 0 Å². The van der Waals surface area contributed by atoms with Gasteiger partial charge in [0.05, 0.1) is 12.3 Å². The van der Waals surface area contributed by atoms with Gasteiger partial charge in [0.1, 0.15) is 12.1 Å². The van der Waals surface area contributed by atoms with E-state index in [-0.39, 0.29) is 6.61 Å². The van der Waals surface area contributed by atoms with Crippen molar-refractivity contribution in [1.29, 1.82) is 0 Å². The number of carbonyl (C=O) groups excluding carboxylic acids is 1. The Bertz CT molecular complexity index is 723. The minimum atomic E-state index is -0.437. The second kappa shape index (κ2) is 8.01. The van der Waals surface area contributed by atoms with Gasteiger partial charge in [-0.15, -0.1) is 0 Å². The number of imidazole rings is 1. The Balaban J connectivity index is 2.66. The lowest BCUT2D eigenvalue weighted by molar-refractivity contribution is 0.0195. The maximum Gasteiger partial charge on any atom is 0.356 e. The quantitative estimate of drug-likeness (QED) is 0.678. The zero-order valence-electron chi connectivity index (χ0n) is 14.1. The van der Waals surface area contributed by atoms with E-state index in [1.807, 2.05) is 13.8 Å². The average Bonchev–Trinajstić information content (AvgIpc) is 2.84. The Morgan fingerprint density at radius 1 is 1.21 bits per heavy atom. The minimum Gasteiger partial charge on any atom is -0.461 e. The third-order valence-electron chi connectivity index (χ3n) is 3.45. The number of rotatable bonds is 6. The molecule has 0 N–H and O–H groups in total. The summed E-state index contributed by atoms with van der Waals surface area (Å²) in [5, 5.41) is 0.984. The van der Waals surface area contributed by atoms with Crippen LogP contribution in [0.15, 0.2) is 18.2 Å². The average molecular weight is 371 g/mol. The highest BCUT2D eigenvalue weighted by atomic mass is 35.5. The molecular weight excluding hydrogens is 351 g/mol. The van der Waals surface area contributed by atoms with Gasteiger partial charge >= 0.3 is 5.97 Å². The van der Waals surface area contributed by atoms with E-state index in [4.69, 9.17) is 32.7 Å². The molecule has 0 fully saturated rings. The van der Waals surface area contributed by atoms with E-state index < -0.39 is 12.2 Å². The van der Waals surface area contributed by atoms with Gasteiger partial charge in [-0.05, 0) is 45.9 Å². The Hall–Kier alpha value is -1.56. The van der Waals surface area contributed by atoms with Gasteiger partial charge in [0.15, 0.2) is 5.69 Å². The molecule has 1 aromatic carbocycles. The Morgan fingerprint density at radius 3 is 2.38 bits per heavy atom. The summed E-state index contributed by atoms with van der Waals surface area (Å²) in [5.74, 6) is 0.120. The van der Waals surface area contributed by atoms with Gasteiger partial charge in [0.2, 0.25) is 0 Å². The Kier molecular flexibility index (Phi) is 6.27. The normalized spacial score (nSPS) is 12.2. The first-order valence-corrected chi connectivity index (χ1v) is 8.48. The number of aromatic nitrogens is 2. The molecule has 24 heavy (non-hydrogen) atoms. The molecule has 0 aliphatic heterocycles. The van der Waals surface area contributed by atoms with Gasteiger partial charge in [-0.25, -0.2) is 9.78 Å². The Labute approximate surface area is 151 Å². The zero-order chi connectivity index (χ0) is 17.9. The highest BCUT2D eigenvalue weighted by Crippen LogP contribution is 2.31. The Morgan fingerprint density at radius 2 is 1.83 bits per heavy atom. The molecule has 0 saturated carbocycles. The number of nitrogens with zero attached hydrogens (tertiary/aromatic N) is 2. The number of aryl methyl sites for hydroxylation is 1. The number of benzene rings is 1. The van der Waals surface area contributed by atoms with E-state index >= 15 is 0 Å². The van der Waals surface area contributed by atoms with Gasteiger partial charge < -0.3 is 9.47 Å². The molecule has 1 heterocycles. The van der Waals surface area contributed by atoms with Crippen molar-refractivity contribution >= 4 is 29.2 Å². The van der Waals surface area contributed by atoms with Crippen LogP contribution in [0.2, 0.25) is 10.0 Å². The van der Waals surface area contributed by atoms with Crippen molar-refractivity contribution in [2.24, 2.45) is 0 Å². The zero-order valence-corrected chi connectivity index (χ0v) is 15.6. The molecule has 2 aromatic rings. The van der Waals surface area contributed by atoms with E-state index in [0.717, 1.165) is 0 Å². The number of hydrogen-bond donors (Lipinski definition) is 0. The fourth-order valence-electron chi connectivity index (χ4n) is 2.55. The van der Waals surface area contributed by atoms with Crippen molar-refractivity contribution in [3.05, 3.63) is 39.6 Å². The largest absolute Gasteiger partial charge is 0.461 e. The van der Waals surface area contributed by atoms with E-state index in [9.17, 15) is 4.79 Å². The van der Waals surface area contributed by atoms with Crippen molar-refractivity contribution in [3.8, 4) is 11.4 Å². The molecule has 0 bridgehead atoms. The van der Waals surface area contributed by atoms with E-state index in [2.05, 4.69) is 4.98 Å². The third kappa shape index (κ3) is 3.91. The van der Waals surface area contributed by atoms with Crippen LogP contribution < -0.4 is 0 Å². The molecule has 5 nitrogen and oxygen atoms in total. The van der Waals surface area contributed by atoms with Crippen LogP contribution >= 0.6 is 23.2 Å². The van der Waals surface area contributed by atoms with Crippen LogP contribution in [-0.2, 0) is 9.47 Å². The summed E-state index contributed by atoms with van der Waals surface area (Å²) in [6, 6.07) is 5.14. The van der Waals surface area contributed by atoms with Gasteiger partial charge in [0.25, 0.3) is 0 Å². The monoisotopic (exact) mass is 370 g/mol. The van der Waals surface area contributed by atoms with Crippen LogP contribution in [0.3, 0.4) is 0 Å². The first-order chi connectivity index (χ1) is 11.4. The first-order valence-electron chi connectivity index (χ1n) is 7.73. The third-order valence-corrected chi connectivity index (χ3v) is 3.88. The summed E-state index contributed by atoms with van der Waals surface area (Å²) in [6.45, 7) is 8.04. The first kappa shape index (κ1) is 18.8. The van der Waals surface area contributed by atoms with Crippen LogP contribution in [0, 0.1) is 6.92 Å². The summed E-state index contributed by atoms with van der Waals surface area (Å²) in [7, 11) is 0. The molecule has 0 saturated heterocycles. The lowest BCUT2D eigenvalue weighted by Gasteiger charge is -2.19. The highest BCUT2D eigenvalue weighted by molar-refractivity contribution is 6.35. The van der Waals surface area contributed by atoms with Crippen molar-refractivity contribution in [3.63, 3.8) is 0 Å². The van der Waals surface area contributed by atoms with Crippen molar-refractivity contribution in [1.82, 2.24) is 9.55 Å². The maximum absolute atomic E-state index is 12.4. The summed E-state index contributed by atoms with van der Waals surface area (Å²) >= 11 is 12.2. The van der Waals surface area contributed by atoms with Gasteiger partial charge in [0, 0.05) is 22.2 Å². The minimum absolute atomic E-state index is 0.283. The molecule has 2 rings (SSSR count). The molecule has 0 aliphatic rings. The van der Waals surface area contributed by atoms with Crippen LogP contribution in [0.1, 0.15) is 43.2 Å². The molecule has 1 aromatic heterocycles. The molecule has 7 heteroatoms. The molecule has 0 radical (unpaired) electrons. The molecule has 0 aliphatic carbocycles. The molecule has 0 spiro atoms. The van der Waals surface area contributed by atoms with Gasteiger partial charge in [-0.3, -0.25) is 4.57 Å². The number of carbonyl (C=O) groups is 1. The lowest BCUT2D eigenvalue weighted by atomic mass is 10.2. The highest BCUT2D eigenvalue weighted by Gasteiger charge is 2.26. The molecule has 130 valence electrons. The van der Waals surface area contributed by atoms with Crippen LogP contribution in [-0.4, -0.2) is 28.7 Å². The van der Waals surface area contributed by atoms with Crippen molar-refractivity contribution in [2.45, 2.75) is 33.9 Å². The second-order valence-electron chi connectivity index (χ2n) is 5.17. The standard InChI is InChI=1S/C17H20Cl2N2O3/c1-5-23-11(4)21-15(17(22)24-6-2)10(3)20-16(21)12-7-13(18)9-14(19)8-12/h7-9,11H,5-6H2,1-4H3. The summed E-state index contributed by atoms with van der Waals surface area (Å²) in [4.78, 5) is 16.9. The number of halogens is 2. The summed E-state index contributed by atoms with van der Waals surface area (Å²) in [6.07, 6.45) is -0.400. The van der Waals surface area contributed by atoms with E-state index in [0.29, 0.717) is 39.4 Å². The van der Waals surface area contributed by atoms with Crippen LogP contribution in [0.25, 0.3) is 11.4 Å². The SMILES string of the molecule is CCOC(=O)c1c(C)nc(-c2cc(Cl)cc(Cl)c2)n1C(C)OCC. The topological polar surface area (TPSA) is 53.3 Å². The van der Waals surface area contributed by atoms with E-state index in [1.54, 1.807) is 36.6 Å². The van der Waals surface area contributed by atoms with E-state index in [1.165, 1.54) is 0 Å². The predicted molar refractivity (Wildman–Crippen MR) is 94.7 cm³/mol.